The van der Waals surface area contributed by atoms with Gasteiger partial charge in [-0.15, -0.1) is 0 Å². The van der Waals surface area contributed by atoms with E-state index in [4.69, 9.17) is 39.4 Å². The van der Waals surface area contributed by atoms with Crippen LogP contribution in [0.2, 0.25) is 0 Å². The molecule has 14 rings (SSSR count). The van der Waals surface area contributed by atoms with Crippen LogP contribution in [0.3, 0.4) is 0 Å². The Hall–Kier alpha value is -10.9. The zero-order valence-corrected chi connectivity index (χ0v) is 40.1. The molecular weight excluding hydrogens is 945 g/mol. The van der Waals surface area contributed by atoms with E-state index < -0.39 is 0 Å². The molecule has 0 fully saturated rings. The topological polar surface area (TPSA) is 154 Å². The predicted molar refractivity (Wildman–Crippen MR) is 292 cm³/mol. The monoisotopic (exact) mass is 982 g/mol. The highest BCUT2D eigenvalue weighted by atomic mass is 16.5. The highest BCUT2D eigenvalue weighted by Crippen LogP contribution is 2.53. The molecular formula is C62H38N12O2. The molecule has 0 N–H and O–H groups in total. The van der Waals surface area contributed by atoms with Gasteiger partial charge in [0.15, 0.2) is 57.9 Å². The van der Waals surface area contributed by atoms with Gasteiger partial charge in [-0.1, -0.05) is 72.8 Å². The first-order chi connectivity index (χ1) is 37.6. The van der Waals surface area contributed by atoms with Crippen LogP contribution in [0.1, 0.15) is 0 Å². The smallest absolute Gasteiger partial charge is 0.182 e. The summed E-state index contributed by atoms with van der Waals surface area (Å²) in [6, 6.07) is 67.6. The van der Waals surface area contributed by atoms with E-state index in [0.717, 1.165) is 45.3 Å². The van der Waals surface area contributed by atoms with Gasteiger partial charge in [-0.2, -0.15) is 0 Å². The lowest BCUT2D eigenvalue weighted by Crippen LogP contribution is -2.16. The number of benzene rings is 6. The Morgan fingerprint density at radius 3 is 0.803 bits per heavy atom. The standard InChI is InChI=1S/C62H38N12O2/c1-5-25-53-49(21-1)73(50-22-2-6-26-54(50)75-53)43-35-39(33-41(37-43)57-67-59(45-17-9-13-29-63-45)71-60(68-57)46-18-10-14-30-64-46)40-34-42(38-44(36-40)74-51-23-3-7-27-55(51)76-56-28-8-4-24-52(56)74)58-69-61(47-19-11-15-31-65-47)72-62(70-58)48-20-12-16-32-66-48/h1-38H. The fraction of sp³-hybridized carbons (Fsp3) is 0. The van der Waals surface area contributed by atoms with Crippen LogP contribution < -0.4 is 19.3 Å². The van der Waals surface area contributed by atoms with Gasteiger partial charge in [-0.3, -0.25) is 19.9 Å². The molecule has 0 atom stereocenters. The molecule has 0 radical (unpaired) electrons. The van der Waals surface area contributed by atoms with Gasteiger partial charge in [-0.05, 0) is 145 Å². The maximum atomic E-state index is 6.54. The van der Waals surface area contributed by atoms with E-state index in [1.165, 1.54) is 0 Å². The molecule has 6 aromatic carbocycles. The van der Waals surface area contributed by atoms with Gasteiger partial charge < -0.3 is 19.3 Å². The quantitative estimate of drug-likeness (QED) is 0.135. The molecule has 14 heteroatoms. The van der Waals surface area contributed by atoms with E-state index in [2.05, 4.69) is 90.4 Å². The zero-order valence-electron chi connectivity index (χ0n) is 40.1. The number of nitrogens with zero attached hydrogens (tertiary/aromatic N) is 12. The summed E-state index contributed by atoms with van der Waals surface area (Å²) in [6.07, 6.45) is 6.91. The van der Waals surface area contributed by atoms with E-state index in [1.54, 1.807) is 24.8 Å². The van der Waals surface area contributed by atoms with E-state index in [0.29, 0.717) is 91.8 Å². The second kappa shape index (κ2) is 18.6. The van der Waals surface area contributed by atoms with Crippen molar-refractivity contribution in [2.24, 2.45) is 0 Å². The molecule has 0 aliphatic carbocycles. The minimum absolute atomic E-state index is 0.399. The molecule has 0 unspecified atom stereocenters. The first-order valence-corrected chi connectivity index (χ1v) is 24.4. The van der Waals surface area contributed by atoms with Crippen molar-refractivity contribution < 1.29 is 9.47 Å². The van der Waals surface area contributed by atoms with Crippen molar-refractivity contribution in [3.8, 4) is 103 Å². The molecule has 0 amide bonds. The van der Waals surface area contributed by atoms with Crippen LogP contribution in [0, 0.1) is 0 Å². The Labute approximate surface area is 435 Å². The number of fused-ring (bicyclic) bond motifs is 4. The average molecular weight is 983 g/mol. The number of ether oxygens (including phenoxy) is 2. The van der Waals surface area contributed by atoms with Crippen molar-refractivity contribution >= 4 is 34.1 Å². The molecule has 2 aliphatic heterocycles. The van der Waals surface area contributed by atoms with Gasteiger partial charge in [0, 0.05) is 47.3 Å². The Morgan fingerprint density at radius 1 is 0.250 bits per heavy atom. The van der Waals surface area contributed by atoms with Gasteiger partial charge in [0.2, 0.25) is 0 Å². The lowest BCUT2D eigenvalue weighted by molar-refractivity contribution is 0.476. The second-order valence-electron chi connectivity index (χ2n) is 17.8. The van der Waals surface area contributed by atoms with Crippen LogP contribution in [0.15, 0.2) is 231 Å². The minimum Gasteiger partial charge on any atom is -0.453 e. The minimum atomic E-state index is 0.399. The van der Waals surface area contributed by atoms with Crippen molar-refractivity contribution in [2.75, 3.05) is 9.80 Å². The third-order valence-corrected chi connectivity index (χ3v) is 12.9. The van der Waals surface area contributed by atoms with Gasteiger partial charge in [0.25, 0.3) is 0 Å². The number of rotatable bonds is 9. The number of para-hydroxylation sites is 8. The Morgan fingerprint density at radius 2 is 0.513 bits per heavy atom. The molecule has 2 aliphatic rings. The summed E-state index contributed by atoms with van der Waals surface area (Å²) in [4.78, 5) is 53.7. The number of pyridine rings is 4. The highest BCUT2D eigenvalue weighted by Gasteiger charge is 2.30. The lowest BCUT2D eigenvalue weighted by Gasteiger charge is -2.34. The molecule has 12 aromatic rings. The van der Waals surface area contributed by atoms with Crippen molar-refractivity contribution in [1.29, 1.82) is 0 Å². The summed E-state index contributed by atoms with van der Waals surface area (Å²) in [5, 5.41) is 0. The van der Waals surface area contributed by atoms with Crippen LogP contribution in [-0.4, -0.2) is 49.8 Å². The van der Waals surface area contributed by atoms with Gasteiger partial charge >= 0.3 is 0 Å². The Bertz CT molecular complexity index is 3680. The average Bonchev–Trinajstić information content (AvgIpc) is 3.56. The largest absolute Gasteiger partial charge is 0.453 e. The summed E-state index contributed by atoms with van der Waals surface area (Å²) in [7, 11) is 0. The molecule has 0 saturated carbocycles. The molecule has 6 aromatic heterocycles. The number of anilines is 6. The van der Waals surface area contributed by atoms with Crippen molar-refractivity contribution in [1.82, 2.24) is 49.8 Å². The summed E-state index contributed by atoms with van der Waals surface area (Å²) in [5.74, 6) is 5.26. The van der Waals surface area contributed by atoms with Crippen LogP contribution >= 0.6 is 0 Å². The molecule has 8 heterocycles. The van der Waals surface area contributed by atoms with Crippen molar-refractivity contribution in [2.45, 2.75) is 0 Å². The van der Waals surface area contributed by atoms with Crippen LogP contribution in [0.5, 0.6) is 23.0 Å². The highest BCUT2D eigenvalue weighted by molar-refractivity contribution is 5.93. The summed E-state index contributed by atoms with van der Waals surface area (Å²) < 4.78 is 13.1. The van der Waals surface area contributed by atoms with Crippen LogP contribution in [0.4, 0.5) is 34.1 Å². The van der Waals surface area contributed by atoms with Crippen molar-refractivity contribution in [3.05, 3.63) is 231 Å². The number of hydrogen-bond donors (Lipinski definition) is 0. The van der Waals surface area contributed by atoms with Crippen LogP contribution in [-0.2, 0) is 0 Å². The fourth-order valence-electron chi connectivity index (χ4n) is 9.49. The first-order valence-electron chi connectivity index (χ1n) is 24.4. The summed E-state index contributed by atoms with van der Waals surface area (Å²) in [6.45, 7) is 0. The number of aromatic nitrogens is 10. The molecule has 0 saturated heterocycles. The fourth-order valence-corrected chi connectivity index (χ4v) is 9.49. The molecule has 0 spiro atoms. The zero-order chi connectivity index (χ0) is 50.4. The second-order valence-corrected chi connectivity index (χ2v) is 17.8. The summed E-state index contributed by atoms with van der Waals surface area (Å²) >= 11 is 0. The van der Waals surface area contributed by atoms with Crippen molar-refractivity contribution in [3.63, 3.8) is 0 Å². The SMILES string of the molecule is c1ccc(-c2nc(-c3cc(-c4cc(-c5nc(-c6ccccn6)nc(-c6ccccn6)n5)cc(N5c6ccccc6Oc6ccccc65)c4)cc(N4c5ccccc5Oc5ccccc54)c3)nc(-c3ccccn3)n2)nc1. The molecule has 14 nitrogen and oxygen atoms in total. The van der Waals surface area contributed by atoms with Gasteiger partial charge in [0.05, 0.1) is 22.7 Å². The Balaban J connectivity index is 1.05. The maximum Gasteiger partial charge on any atom is 0.182 e. The normalized spacial score (nSPS) is 12.1. The first kappa shape index (κ1) is 43.9. The summed E-state index contributed by atoms with van der Waals surface area (Å²) in [5.41, 5.74) is 10.5. The molecule has 76 heavy (non-hydrogen) atoms. The van der Waals surface area contributed by atoms with Gasteiger partial charge in [0.1, 0.15) is 22.8 Å². The van der Waals surface area contributed by atoms with Gasteiger partial charge in [-0.25, -0.2) is 29.9 Å². The van der Waals surface area contributed by atoms with E-state index >= 15 is 0 Å². The van der Waals surface area contributed by atoms with E-state index in [1.807, 2.05) is 146 Å². The number of hydrogen-bond acceptors (Lipinski definition) is 14. The van der Waals surface area contributed by atoms with E-state index in [-0.39, 0.29) is 0 Å². The third kappa shape index (κ3) is 8.13. The van der Waals surface area contributed by atoms with E-state index in [9.17, 15) is 0 Å². The maximum absolute atomic E-state index is 6.54. The Kier molecular flexibility index (Phi) is 10.8. The van der Waals surface area contributed by atoms with Crippen LogP contribution in [0.25, 0.3) is 80.0 Å². The molecule has 358 valence electrons. The third-order valence-electron chi connectivity index (χ3n) is 12.9. The predicted octanol–water partition coefficient (Wildman–Crippen LogP) is 14.5. The molecule has 0 bridgehead atoms. The lowest BCUT2D eigenvalue weighted by atomic mass is 9.97.